The zero-order chi connectivity index (χ0) is 15.2. The molecular weight excluding hydrogens is 267 g/mol. The first-order valence-electron chi connectivity index (χ1n) is 7.48. The lowest BCUT2D eigenvalue weighted by Gasteiger charge is -2.05. The Kier molecular flexibility index (Phi) is 5.51. The van der Waals surface area contributed by atoms with Crippen molar-refractivity contribution in [3.63, 3.8) is 0 Å². The van der Waals surface area contributed by atoms with Crippen LogP contribution in [0.5, 0.6) is 0 Å². The number of aromatic nitrogens is 1. The Morgan fingerprint density at radius 1 is 1.33 bits per heavy atom. The summed E-state index contributed by atoms with van der Waals surface area (Å²) in [5.74, 6) is 1.88. The van der Waals surface area contributed by atoms with Gasteiger partial charge in [0.2, 0.25) is 0 Å². The van der Waals surface area contributed by atoms with E-state index < -0.39 is 0 Å². The second kappa shape index (κ2) is 7.36. The van der Waals surface area contributed by atoms with Crippen molar-refractivity contribution in [1.29, 1.82) is 0 Å². The molecule has 4 heteroatoms. The van der Waals surface area contributed by atoms with E-state index >= 15 is 0 Å². The van der Waals surface area contributed by atoms with Gasteiger partial charge in [0.25, 0.3) is 0 Å². The molecular formula is C17H23FN2O. The van der Waals surface area contributed by atoms with Crippen molar-refractivity contribution in [2.45, 2.75) is 33.6 Å². The number of hydrogen-bond donors (Lipinski definition) is 1. The number of benzene rings is 1. The van der Waals surface area contributed by atoms with E-state index in [9.17, 15) is 4.39 Å². The lowest BCUT2D eigenvalue weighted by molar-refractivity contribution is 0.483. The fraction of sp³-hybridized carbons (Fsp3) is 0.471. The Labute approximate surface area is 125 Å². The van der Waals surface area contributed by atoms with Crippen LogP contribution in [0.3, 0.4) is 0 Å². The summed E-state index contributed by atoms with van der Waals surface area (Å²) in [6, 6.07) is 4.69. The molecule has 0 fully saturated rings. The van der Waals surface area contributed by atoms with Crippen LogP contribution in [0.2, 0.25) is 0 Å². The number of aryl methyl sites for hydroxylation is 2. The molecule has 1 heterocycles. The number of rotatable bonds is 7. The average Bonchev–Trinajstić information content (AvgIpc) is 2.86. The molecule has 0 saturated carbocycles. The molecule has 21 heavy (non-hydrogen) atoms. The Balaban J connectivity index is 1.89. The van der Waals surface area contributed by atoms with Crippen LogP contribution in [-0.2, 0) is 6.42 Å². The smallest absolute Gasteiger partial charge is 0.194 e. The normalized spacial score (nSPS) is 11.3. The van der Waals surface area contributed by atoms with Gasteiger partial charge < -0.3 is 9.73 Å². The van der Waals surface area contributed by atoms with Crippen molar-refractivity contribution < 1.29 is 8.81 Å². The number of nitrogens with zero attached hydrogens (tertiary/aromatic N) is 1. The quantitative estimate of drug-likeness (QED) is 0.784. The first kappa shape index (κ1) is 15.7. The van der Waals surface area contributed by atoms with E-state index in [0.717, 1.165) is 42.9 Å². The van der Waals surface area contributed by atoms with Crippen LogP contribution in [0.1, 0.15) is 31.7 Å². The SMILES string of the molecule is Cc1cc(F)ccc1-c1cnc(CCCNCC(C)C)o1. The summed E-state index contributed by atoms with van der Waals surface area (Å²) in [5.41, 5.74) is 1.75. The highest BCUT2D eigenvalue weighted by Crippen LogP contribution is 2.25. The van der Waals surface area contributed by atoms with Crippen LogP contribution in [-0.4, -0.2) is 18.1 Å². The van der Waals surface area contributed by atoms with Gasteiger partial charge in [0.1, 0.15) is 5.82 Å². The zero-order valence-electron chi connectivity index (χ0n) is 12.9. The third-order valence-electron chi connectivity index (χ3n) is 3.30. The Hall–Kier alpha value is -1.68. The molecule has 0 bridgehead atoms. The van der Waals surface area contributed by atoms with Crippen molar-refractivity contribution in [3.8, 4) is 11.3 Å². The van der Waals surface area contributed by atoms with Gasteiger partial charge in [-0.15, -0.1) is 0 Å². The summed E-state index contributed by atoms with van der Waals surface area (Å²) in [7, 11) is 0. The van der Waals surface area contributed by atoms with Gasteiger partial charge >= 0.3 is 0 Å². The lowest BCUT2D eigenvalue weighted by Crippen LogP contribution is -2.21. The monoisotopic (exact) mass is 290 g/mol. The van der Waals surface area contributed by atoms with Crippen molar-refractivity contribution >= 4 is 0 Å². The molecule has 0 amide bonds. The van der Waals surface area contributed by atoms with Crippen LogP contribution in [0.15, 0.2) is 28.8 Å². The molecule has 0 radical (unpaired) electrons. The summed E-state index contributed by atoms with van der Waals surface area (Å²) in [6.07, 6.45) is 3.53. The summed E-state index contributed by atoms with van der Waals surface area (Å²) < 4.78 is 18.9. The Morgan fingerprint density at radius 3 is 2.86 bits per heavy atom. The van der Waals surface area contributed by atoms with E-state index in [2.05, 4.69) is 24.1 Å². The summed E-state index contributed by atoms with van der Waals surface area (Å²) in [4.78, 5) is 4.30. The molecule has 0 aliphatic carbocycles. The van der Waals surface area contributed by atoms with Gasteiger partial charge in [-0.25, -0.2) is 9.37 Å². The predicted octanol–water partition coefficient (Wildman–Crippen LogP) is 3.97. The van der Waals surface area contributed by atoms with Crippen molar-refractivity contribution in [2.75, 3.05) is 13.1 Å². The largest absolute Gasteiger partial charge is 0.441 e. The summed E-state index contributed by atoms with van der Waals surface area (Å²) >= 11 is 0. The lowest BCUT2D eigenvalue weighted by atomic mass is 10.1. The van der Waals surface area contributed by atoms with Gasteiger partial charge in [0.15, 0.2) is 11.7 Å². The third kappa shape index (κ3) is 4.67. The van der Waals surface area contributed by atoms with Gasteiger partial charge in [-0.1, -0.05) is 13.8 Å². The maximum Gasteiger partial charge on any atom is 0.194 e. The second-order valence-corrected chi connectivity index (χ2v) is 5.78. The molecule has 0 atom stereocenters. The van der Waals surface area contributed by atoms with Crippen molar-refractivity contribution in [2.24, 2.45) is 5.92 Å². The molecule has 1 aromatic carbocycles. The van der Waals surface area contributed by atoms with Gasteiger partial charge in [0, 0.05) is 12.0 Å². The minimum Gasteiger partial charge on any atom is -0.441 e. The van der Waals surface area contributed by atoms with Crippen molar-refractivity contribution in [3.05, 3.63) is 41.7 Å². The van der Waals surface area contributed by atoms with E-state index in [4.69, 9.17) is 4.42 Å². The number of halogens is 1. The molecule has 0 saturated heterocycles. The number of oxazole rings is 1. The fourth-order valence-electron chi connectivity index (χ4n) is 2.21. The van der Waals surface area contributed by atoms with Crippen molar-refractivity contribution in [1.82, 2.24) is 10.3 Å². The minimum atomic E-state index is -0.229. The van der Waals surface area contributed by atoms with Crippen LogP contribution in [0.25, 0.3) is 11.3 Å². The number of nitrogens with one attached hydrogen (secondary N) is 1. The first-order valence-corrected chi connectivity index (χ1v) is 7.48. The van der Waals surface area contributed by atoms with Gasteiger partial charge in [-0.3, -0.25) is 0 Å². The standard InChI is InChI=1S/C17H23FN2O/c1-12(2)10-19-8-4-5-17-20-11-16(21-17)15-7-6-14(18)9-13(15)3/h6-7,9,11-12,19H,4-5,8,10H2,1-3H3. The van der Waals surface area contributed by atoms with Gasteiger partial charge in [0.05, 0.1) is 6.20 Å². The highest BCUT2D eigenvalue weighted by atomic mass is 19.1. The molecule has 0 aliphatic rings. The summed E-state index contributed by atoms with van der Waals surface area (Å²) in [5, 5.41) is 3.40. The van der Waals surface area contributed by atoms with Crippen LogP contribution < -0.4 is 5.32 Å². The third-order valence-corrected chi connectivity index (χ3v) is 3.30. The zero-order valence-corrected chi connectivity index (χ0v) is 12.9. The predicted molar refractivity (Wildman–Crippen MR) is 82.7 cm³/mol. The minimum absolute atomic E-state index is 0.229. The van der Waals surface area contributed by atoms with E-state index in [0.29, 0.717) is 11.7 Å². The molecule has 0 spiro atoms. The molecule has 2 aromatic rings. The van der Waals surface area contributed by atoms with Crippen LogP contribution in [0, 0.1) is 18.7 Å². The molecule has 0 unspecified atom stereocenters. The van der Waals surface area contributed by atoms with E-state index in [1.807, 2.05) is 6.92 Å². The van der Waals surface area contributed by atoms with Crippen LogP contribution >= 0.6 is 0 Å². The average molecular weight is 290 g/mol. The maximum atomic E-state index is 13.1. The Morgan fingerprint density at radius 2 is 2.14 bits per heavy atom. The number of hydrogen-bond acceptors (Lipinski definition) is 3. The van der Waals surface area contributed by atoms with E-state index in [1.165, 1.54) is 12.1 Å². The maximum absolute atomic E-state index is 13.1. The topological polar surface area (TPSA) is 38.1 Å². The van der Waals surface area contributed by atoms with Gasteiger partial charge in [-0.2, -0.15) is 0 Å². The van der Waals surface area contributed by atoms with E-state index in [-0.39, 0.29) is 5.82 Å². The molecule has 0 aliphatic heterocycles. The highest BCUT2D eigenvalue weighted by molar-refractivity contribution is 5.60. The molecule has 114 valence electrons. The summed E-state index contributed by atoms with van der Waals surface area (Å²) in [6.45, 7) is 8.25. The molecule has 3 nitrogen and oxygen atoms in total. The second-order valence-electron chi connectivity index (χ2n) is 5.78. The molecule has 1 aromatic heterocycles. The Bertz CT molecular complexity index is 578. The van der Waals surface area contributed by atoms with Gasteiger partial charge in [-0.05, 0) is 56.1 Å². The first-order chi connectivity index (χ1) is 10.1. The fourth-order valence-corrected chi connectivity index (χ4v) is 2.21. The molecule has 2 rings (SSSR count). The van der Waals surface area contributed by atoms with Crippen LogP contribution in [0.4, 0.5) is 4.39 Å². The van der Waals surface area contributed by atoms with E-state index in [1.54, 1.807) is 12.3 Å². The molecule has 1 N–H and O–H groups in total. The highest BCUT2D eigenvalue weighted by Gasteiger charge is 2.09.